The molecule has 2 N–H and O–H groups in total. The molecule has 0 saturated heterocycles. The quantitative estimate of drug-likeness (QED) is 0.763. The number of aromatic hydroxyl groups is 1. The van der Waals surface area contributed by atoms with Gasteiger partial charge < -0.3 is 10.4 Å². The summed E-state index contributed by atoms with van der Waals surface area (Å²) in [5.74, 6) is 0.308. The van der Waals surface area contributed by atoms with E-state index in [-0.39, 0.29) is 0 Å². The van der Waals surface area contributed by atoms with Gasteiger partial charge in [-0.3, -0.25) is 0 Å². The first-order valence-corrected chi connectivity index (χ1v) is 5.57. The lowest BCUT2D eigenvalue weighted by atomic mass is 10.1. The number of aromatic nitrogens is 2. The van der Waals surface area contributed by atoms with Crippen molar-refractivity contribution in [2.75, 3.05) is 6.54 Å². The number of nitrogens with zero attached hydrogens (tertiary/aromatic N) is 2. The van der Waals surface area contributed by atoms with Gasteiger partial charge in [0.25, 0.3) is 0 Å². The van der Waals surface area contributed by atoms with E-state index < -0.39 is 0 Å². The number of nitrogens with one attached hydrogen (secondary N) is 1. The van der Waals surface area contributed by atoms with Gasteiger partial charge >= 0.3 is 0 Å². The minimum absolute atomic E-state index is 0.308. The smallest absolute Gasteiger partial charge is 0.115 e. The van der Waals surface area contributed by atoms with Crippen LogP contribution < -0.4 is 5.32 Å². The molecule has 0 aliphatic carbocycles. The molecule has 0 fully saturated rings. The second-order valence-corrected chi connectivity index (χ2v) is 3.84. The highest BCUT2D eigenvalue weighted by Gasteiger charge is 1.95. The van der Waals surface area contributed by atoms with Crippen LogP contribution in [0.2, 0.25) is 0 Å². The number of rotatable bonds is 5. The first kappa shape index (κ1) is 11.5. The number of phenols is 1. The molecule has 0 spiro atoms. The van der Waals surface area contributed by atoms with E-state index in [1.54, 1.807) is 24.5 Å². The van der Waals surface area contributed by atoms with Crippen molar-refractivity contribution in [2.24, 2.45) is 0 Å². The van der Waals surface area contributed by atoms with Gasteiger partial charge in [0, 0.05) is 24.5 Å². The first-order chi connectivity index (χ1) is 8.34. The summed E-state index contributed by atoms with van der Waals surface area (Å²) in [6.07, 6.45) is 6.08. The minimum atomic E-state index is 0.308. The van der Waals surface area contributed by atoms with Gasteiger partial charge in [0.15, 0.2) is 0 Å². The molecule has 0 unspecified atom stereocenters. The Bertz CT molecular complexity index is 442. The Morgan fingerprint density at radius 2 is 1.71 bits per heavy atom. The molecule has 0 atom stereocenters. The van der Waals surface area contributed by atoms with Crippen LogP contribution in [0, 0.1) is 0 Å². The van der Waals surface area contributed by atoms with Gasteiger partial charge in [-0.25, -0.2) is 9.97 Å². The zero-order valence-corrected chi connectivity index (χ0v) is 9.50. The summed E-state index contributed by atoms with van der Waals surface area (Å²) in [7, 11) is 0. The van der Waals surface area contributed by atoms with Crippen molar-refractivity contribution in [3.05, 3.63) is 54.1 Å². The van der Waals surface area contributed by atoms with Crippen molar-refractivity contribution < 1.29 is 5.11 Å². The van der Waals surface area contributed by atoms with Crippen LogP contribution in [0.3, 0.4) is 0 Å². The Balaban J connectivity index is 1.71. The highest BCUT2D eigenvalue weighted by molar-refractivity contribution is 5.25. The first-order valence-electron chi connectivity index (χ1n) is 5.57. The standard InChI is InChI=1S/C13H15N3O/c17-13-3-1-11(2-4-13)5-6-14-7-12-8-15-10-16-9-12/h1-4,8-10,14,17H,5-7H2. The maximum Gasteiger partial charge on any atom is 0.115 e. The fraction of sp³-hybridized carbons (Fsp3) is 0.231. The summed E-state index contributed by atoms with van der Waals surface area (Å²) in [5.41, 5.74) is 2.29. The largest absolute Gasteiger partial charge is 0.508 e. The van der Waals surface area contributed by atoms with Crippen LogP contribution in [0.5, 0.6) is 5.75 Å². The second kappa shape index (κ2) is 5.96. The zero-order chi connectivity index (χ0) is 11.9. The monoisotopic (exact) mass is 229 g/mol. The summed E-state index contributed by atoms with van der Waals surface area (Å²) in [5, 5.41) is 12.5. The van der Waals surface area contributed by atoms with Crippen molar-refractivity contribution in [3.63, 3.8) is 0 Å². The average molecular weight is 229 g/mol. The van der Waals surface area contributed by atoms with Crippen molar-refractivity contribution in [1.29, 1.82) is 0 Å². The Labute approximate surface area is 100 Å². The highest BCUT2D eigenvalue weighted by atomic mass is 16.3. The molecule has 1 heterocycles. The molecule has 0 saturated carbocycles. The molecule has 1 aromatic carbocycles. The van der Waals surface area contributed by atoms with Crippen LogP contribution >= 0.6 is 0 Å². The Morgan fingerprint density at radius 1 is 1.00 bits per heavy atom. The molecule has 1 aromatic heterocycles. The molecular weight excluding hydrogens is 214 g/mol. The van der Waals surface area contributed by atoms with E-state index in [1.807, 2.05) is 12.1 Å². The van der Waals surface area contributed by atoms with E-state index >= 15 is 0 Å². The van der Waals surface area contributed by atoms with Crippen LogP contribution in [-0.2, 0) is 13.0 Å². The second-order valence-electron chi connectivity index (χ2n) is 3.84. The van der Waals surface area contributed by atoms with Crippen molar-refractivity contribution in [3.8, 4) is 5.75 Å². The lowest BCUT2D eigenvalue weighted by molar-refractivity contribution is 0.475. The van der Waals surface area contributed by atoms with Crippen molar-refractivity contribution in [2.45, 2.75) is 13.0 Å². The predicted octanol–water partition coefficient (Wildman–Crippen LogP) is 1.51. The molecule has 2 rings (SSSR count). The van der Waals surface area contributed by atoms with Gasteiger partial charge in [-0.2, -0.15) is 0 Å². The van der Waals surface area contributed by atoms with Crippen molar-refractivity contribution >= 4 is 0 Å². The van der Waals surface area contributed by atoms with E-state index in [2.05, 4.69) is 15.3 Å². The Kier molecular flexibility index (Phi) is 4.05. The molecule has 0 aliphatic heterocycles. The molecule has 0 amide bonds. The Hall–Kier alpha value is -1.94. The molecule has 0 aliphatic rings. The number of phenolic OH excluding ortho intramolecular Hbond substituents is 1. The SMILES string of the molecule is Oc1ccc(CCNCc2cncnc2)cc1. The zero-order valence-electron chi connectivity index (χ0n) is 9.50. The summed E-state index contributed by atoms with van der Waals surface area (Å²) in [6, 6.07) is 7.28. The van der Waals surface area contributed by atoms with Gasteiger partial charge in [0.2, 0.25) is 0 Å². The van der Waals surface area contributed by atoms with Crippen LogP contribution in [-0.4, -0.2) is 21.6 Å². The molecule has 0 bridgehead atoms. The van der Waals surface area contributed by atoms with E-state index in [9.17, 15) is 0 Å². The number of hydrogen-bond acceptors (Lipinski definition) is 4. The molecule has 0 radical (unpaired) electrons. The van der Waals surface area contributed by atoms with Crippen LogP contribution in [0.1, 0.15) is 11.1 Å². The van der Waals surface area contributed by atoms with Crippen molar-refractivity contribution in [1.82, 2.24) is 15.3 Å². The van der Waals surface area contributed by atoms with Gasteiger partial charge in [-0.15, -0.1) is 0 Å². The maximum atomic E-state index is 9.15. The summed E-state index contributed by atoms with van der Waals surface area (Å²) < 4.78 is 0. The molecule has 4 nitrogen and oxygen atoms in total. The fourth-order valence-electron chi connectivity index (χ4n) is 1.55. The molecule has 4 heteroatoms. The minimum Gasteiger partial charge on any atom is -0.508 e. The summed E-state index contributed by atoms with van der Waals surface area (Å²) in [4.78, 5) is 7.90. The summed E-state index contributed by atoms with van der Waals surface area (Å²) >= 11 is 0. The van der Waals surface area contributed by atoms with E-state index in [0.29, 0.717) is 5.75 Å². The third-order valence-corrected chi connectivity index (χ3v) is 2.47. The summed E-state index contributed by atoms with van der Waals surface area (Å²) in [6.45, 7) is 1.67. The molecule has 17 heavy (non-hydrogen) atoms. The van der Waals surface area contributed by atoms with E-state index in [4.69, 9.17) is 5.11 Å². The van der Waals surface area contributed by atoms with Gasteiger partial charge in [-0.05, 0) is 30.7 Å². The maximum absolute atomic E-state index is 9.15. The van der Waals surface area contributed by atoms with Crippen LogP contribution in [0.25, 0.3) is 0 Å². The molecular formula is C13H15N3O. The van der Waals surface area contributed by atoms with Crippen LogP contribution in [0.4, 0.5) is 0 Å². The van der Waals surface area contributed by atoms with Crippen LogP contribution in [0.15, 0.2) is 43.0 Å². The topological polar surface area (TPSA) is 58.0 Å². The normalized spacial score (nSPS) is 10.4. The number of benzene rings is 1. The molecule has 88 valence electrons. The van der Waals surface area contributed by atoms with Gasteiger partial charge in [0.05, 0.1) is 0 Å². The lowest BCUT2D eigenvalue weighted by Gasteiger charge is -2.04. The highest BCUT2D eigenvalue weighted by Crippen LogP contribution is 2.09. The Morgan fingerprint density at radius 3 is 2.41 bits per heavy atom. The van der Waals surface area contributed by atoms with E-state index in [1.165, 1.54) is 11.9 Å². The third-order valence-electron chi connectivity index (χ3n) is 2.47. The lowest BCUT2D eigenvalue weighted by Crippen LogP contribution is -2.16. The van der Waals surface area contributed by atoms with Gasteiger partial charge in [0.1, 0.15) is 12.1 Å². The molecule has 2 aromatic rings. The predicted molar refractivity (Wildman–Crippen MR) is 65.5 cm³/mol. The number of hydrogen-bond donors (Lipinski definition) is 2. The van der Waals surface area contributed by atoms with Gasteiger partial charge in [-0.1, -0.05) is 12.1 Å². The van der Waals surface area contributed by atoms with E-state index in [0.717, 1.165) is 25.1 Å². The average Bonchev–Trinajstić information content (AvgIpc) is 2.38. The third kappa shape index (κ3) is 3.85. The fourth-order valence-corrected chi connectivity index (χ4v) is 1.55.